The van der Waals surface area contributed by atoms with Crippen LogP contribution in [-0.4, -0.2) is 65.8 Å². The van der Waals surface area contributed by atoms with E-state index < -0.39 is 0 Å². The Morgan fingerprint density at radius 1 is 1.00 bits per heavy atom. The van der Waals surface area contributed by atoms with E-state index in [-0.39, 0.29) is 11.8 Å². The average molecular weight is 428 g/mol. The fourth-order valence-corrected chi connectivity index (χ4v) is 5.20. The second kappa shape index (κ2) is 10.5. The molecule has 0 spiro atoms. The lowest BCUT2D eigenvalue weighted by molar-refractivity contribution is -0.132. The van der Waals surface area contributed by atoms with Crippen LogP contribution in [0.5, 0.6) is 5.75 Å². The van der Waals surface area contributed by atoms with Crippen LogP contribution in [0.4, 0.5) is 0 Å². The summed E-state index contributed by atoms with van der Waals surface area (Å²) in [5.41, 5.74) is 2.36. The number of piperazine rings is 1. The zero-order valence-corrected chi connectivity index (χ0v) is 19.0. The molecule has 0 N–H and O–H groups in total. The molecule has 6 nitrogen and oxygen atoms in total. The number of ether oxygens (including phenoxy) is 1. The molecule has 31 heavy (non-hydrogen) atoms. The van der Waals surface area contributed by atoms with Crippen molar-refractivity contribution in [1.29, 1.82) is 0 Å². The SMILES string of the molecule is CC(=O)N1CCN(Cc2ccc3c(c2)CN(C(=O)CCC2CCCCC2)CCO3)CC1. The van der Waals surface area contributed by atoms with Crippen LogP contribution in [0.1, 0.15) is 63.0 Å². The van der Waals surface area contributed by atoms with E-state index in [9.17, 15) is 9.59 Å². The maximum atomic E-state index is 12.9. The summed E-state index contributed by atoms with van der Waals surface area (Å²) in [4.78, 5) is 30.8. The summed E-state index contributed by atoms with van der Waals surface area (Å²) in [5.74, 6) is 2.08. The van der Waals surface area contributed by atoms with E-state index in [4.69, 9.17) is 4.74 Å². The molecule has 3 aliphatic rings. The highest BCUT2D eigenvalue weighted by Gasteiger charge is 2.23. The van der Waals surface area contributed by atoms with Gasteiger partial charge in [-0.25, -0.2) is 0 Å². The molecule has 2 heterocycles. The highest BCUT2D eigenvalue weighted by Crippen LogP contribution is 2.29. The predicted molar refractivity (Wildman–Crippen MR) is 121 cm³/mol. The van der Waals surface area contributed by atoms with Gasteiger partial charge in [0.05, 0.1) is 6.54 Å². The Bertz CT molecular complexity index is 767. The second-order valence-corrected chi connectivity index (χ2v) is 9.43. The maximum Gasteiger partial charge on any atom is 0.222 e. The number of nitrogens with zero attached hydrogens (tertiary/aromatic N) is 3. The predicted octanol–water partition coefficient (Wildman–Crippen LogP) is 3.43. The number of benzene rings is 1. The third-order valence-corrected chi connectivity index (χ3v) is 7.17. The number of hydrogen-bond acceptors (Lipinski definition) is 4. The molecule has 2 amide bonds. The van der Waals surface area contributed by atoms with Crippen LogP contribution in [0.15, 0.2) is 18.2 Å². The van der Waals surface area contributed by atoms with Crippen LogP contribution in [0.3, 0.4) is 0 Å². The third-order valence-electron chi connectivity index (χ3n) is 7.17. The van der Waals surface area contributed by atoms with Crippen molar-refractivity contribution >= 4 is 11.8 Å². The molecule has 1 aromatic rings. The van der Waals surface area contributed by atoms with E-state index in [2.05, 4.69) is 23.1 Å². The molecule has 6 heteroatoms. The van der Waals surface area contributed by atoms with Crippen molar-refractivity contribution in [2.24, 2.45) is 5.92 Å². The smallest absolute Gasteiger partial charge is 0.222 e. The van der Waals surface area contributed by atoms with E-state index in [0.29, 0.717) is 26.1 Å². The third kappa shape index (κ3) is 6.00. The molecule has 2 aliphatic heterocycles. The molecule has 4 rings (SSSR count). The molecular formula is C25H37N3O3. The van der Waals surface area contributed by atoms with Gasteiger partial charge in [-0.2, -0.15) is 0 Å². The summed E-state index contributed by atoms with van der Waals surface area (Å²) >= 11 is 0. The van der Waals surface area contributed by atoms with Gasteiger partial charge in [0.25, 0.3) is 0 Å². The number of amides is 2. The fraction of sp³-hybridized carbons (Fsp3) is 0.680. The normalized spacial score (nSPS) is 20.7. The van der Waals surface area contributed by atoms with Crippen molar-refractivity contribution in [2.75, 3.05) is 39.3 Å². The molecular weight excluding hydrogens is 390 g/mol. The lowest BCUT2D eigenvalue weighted by atomic mass is 9.86. The minimum atomic E-state index is 0.162. The minimum Gasteiger partial charge on any atom is -0.491 e. The number of rotatable bonds is 5. The summed E-state index contributed by atoms with van der Waals surface area (Å²) in [6, 6.07) is 6.41. The van der Waals surface area contributed by atoms with Crippen molar-refractivity contribution in [2.45, 2.75) is 65.0 Å². The number of carbonyl (C=O) groups is 2. The lowest BCUT2D eigenvalue weighted by Gasteiger charge is -2.34. The maximum absolute atomic E-state index is 12.9. The Morgan fingerprint density at radius 3 is 2.52 bits per heavy atom. The van der Waals surface area contributed by atoms with Gasteiger partial charge in [-0.05, 0) is 30.0 Å². The van der Waals surface area contributed by atoms with Gasteiger partial charge in [-0.1, -0.05) is 38.2 Å². The highest BCUT2D eigenvalue weighted by molar-refractivity contribution is 5.76. The molecule has 170 valence electrons. The topological polar surface area (TPSA) is 53.1 Å². The quantitative estimate of drug-likeness (QED) is 0.722. The van der Waals surface area contributed by atoms with Crippen LogP contribution >= 0.6 is 0 Å². The first-order valence-corrected chi connectivity index (χ1v) is 12.1. The van der Waals surface area contributed by atoms with Gasteiger partial charge in [-0.3, -0.25) is 14.5 Å². The molecule has 1 aromatic carbocycles. The van der Waals surface area contributed by atoms with Crippen LogP contribution in [0, 0.1) is 5.92 Å². The Morgan fingerprint density at radius 2 is 1.77 bits per heavy atom. The first-order valence-electron chi connectivity index (χ1n) is 12.1. The van der Waals surface area contributed by atoms with Gasteiger partial charge in [0.2, 0.25) is 11.8 Å². The number of carbonyl (C=O) groups excluding carboxylic acids is 2. The van der Waals surface area contributed by atoms with E-state index in [1.165, 1.54) is 37.7 Å². The summed E-state index contributed by atoms with van der Waals surface area (Å²) in [7, 11) is 0. The first-order chi connectivity index (χ1) is 15.1. The van der Waals surface area contributed by atoms with Gasteiger partial charge >= 0.3 is 0 Å². The molecule has 0 unspecified atom stereocenters. The van der Waals surface area contributed by atoms with Gasteiger partial charge in [0.1, 0.15) is 12.4 Å². The molecule has 2 fully saturated rings. The second-order valence-electron chi connectivity index (χ2n) is 9.43. The molecule has 0 radical (unpaired) electrons. The Labute approximate surface area is 186 Å². The van der Waals surface area contributed by atoms with Crippen LogP contribution in [0.25, 0.3) is 0 Å². The molecule has 0 atom stereocenters. The molecule has 1 aliphatic carbocycles. The van der Waals surface area contributed by atoms with Crippen LogP contribution in [0.2, 0.25) is 0 Å². The fourth-order valence-electron chi connectivity index (χ4n) is 5.20. The summed E-state index contributed by atoms with van der Waals surface area (Å²) in [6.45, 7) is 7.79. The largest absolute Gasteiger partial charge is 0.491 e. The zero-order valence-electron chi connectivity index (χ0n) is 19.0. The lowest BCUT2D eigenvalue weighted by Crippen LogP contribution is -2.47. The van der Waals surface area contributed by atoms with Gasteiger partial charge in [0, 0.05) is 58.2 Å². The summed E-state index contributed by atoms with van der Waals surface area (Å²) in [6.07, 6.45) is 8.31. The average Bonchev–Trinajstić information content (AvgIpc) is 3.01. The Balaban J connectivity index is 1.33. The van der Waals surface area contributed by atoms with Crippen molar-refractivity contribution in [3.63, 3.8) is 0 Å². The van der Waals surface area contributed by atoms with Crippen LogP contribution in [-0.2, 0) is 22.7 Å². The van der Waals surface area contributed by atoms with Crippen molar-refractivity contribution < 1.29 is 14.3 Å². The van der Waals surface area contributed by atoms with E-state index in [1.54, 1.807) is 6.92 Å². The number of hydrogen-bond donors (Lipinski definition) is 0. The molecule has 0 aromatic heterocycles. The monoisotopic (exact) mass is 427 g/mol. The van der Waals surface area contributed by atoms with Gasteiger partial charge < -0.3 is 14.5 Å². The van der Waals surface area contributed by atoms with Crippen molar-refractivity contribution in [1.82, 2.24) is 14.7 Å². The standard InChI is InChI=1S/C25H37N3O3/c1-20(29)27-13-11-26(12-14-27)18-22-7-9-24-23(17-22)19-28(15-16-31-24)25(30)10-8-21-5-3-2-4-6-21/h7,9,17,21H,2-6,8,10-16,18-19H2,1H3. The minimum absolute atomic E-state index is 0.162. The molecule has 1 saturated heterocycles. The number of fused-ring (bicyclic) bond motifs is 1. The van der Waals surface area contributed by atoms with Crippen molar-refractivity contribution in [3.05, 3.63) is 29.3 Å². The van der Waals surface area contributed by atoms with E-state index >= 15 is 0 Å². The summed E-state index contributed by atoms with van der Waals surface area (Å²) in [5, 5.41) is 0. The van der Waals surface area contributed by atoms with Crippen molar-refractivity contribution in [3.8, 4) is 5.75 Å². The first kappa shape index (κ1) is 22.1. The van der Waals surface area contributed by atoms with Gasteiger partial charge in [-0.15, -0.1) is 0 Å². The highest BCUT2D eigenvalue weighted by atomic mass is 16.5. The Hall–Kier alpha value is -2.08. The van der Waals surface area contributed by atoms with E-state index in [0.717, 1.165) is 56.4 Å². The molecule has 0 bridgehead atoms. The summed E-state index contributed by atoms with van der Waals surface area (Å²) < 4.78 is 5.96. The zero-order chi connectivity index (χ0) is 21.6. The van der Waals surface area contributed by atoms with Gasteiger partial charge in [0.15, 0.2) is 0 Å². The Kier molecular flexibility index (Phi) is 7.49. The molecule has 1 saturated carbocycles. The van der Waals surface area contributed by atoms with Crippen LogP contribution < -0.4 is 4.74 Å². The van der Waals surface area contributed by atoms with E-state index in [1.807, 2.05) is 9.80 Å².